The van der Waals surface area contributed by atoms with Crippen LogP contribution in [-0.2, 0) is 12.8 Å². The van der Waals surface area contributed by atoms with Crippen molar-refractivity contribution in [3.05, 3.63) is 93.5 Å². The Kier molecular flexibility index (Phi) is 2.86. The van der Waals surface area contributed by atoms with Gasteiger partial charge in [0.1, 0.15) is 0 Å². The van der Waals surface area contributed by atoms with Crippen LogP contribution in [0.4, 0.5) is 0 Å². The van der Waals surface area contributed by atoms with Crippen molar-refractivity contribution in [2.24, 2.45) is 0 Å². The van der Waals surface area contributed by atoms with Crippen LogP contribution in [0.25, 0.3) is 21.5 Å². The van der Waals surface area contributed by atoms with E-state index in [1.807, 2.05) is 0 Å². The summed E-state index contributed by atoms with van der Waals surface area (Å²) in [4.78, 5) is 0. The largest absolute Gasteiger partial charge is 0.0620 e. The van der Waals surface area contributed by atoms with Crippen LogP contribution in [0.15, 0.2) is 71.2 Å². The van der Waals surface area contributed by atoms with Crippen LogP contribution < -0.4 is 0 Å². The maximum atomic E-state index is 3.91. The normalized spacial score (nSPS) is 13.1. The summed E-state index contributed by atoms with van der Waals surface area (Å²) < 4.78 is 1.27. The average Bonchev–Trinajstić information content (AvgIpc) is 2.59. The molecule has 1 heteroatoms. The van der Waals surface area contributed by atoms with Crippen molar-refractivity contribution < 1.29 is 0 Å². The average molecular weight is 359 g/mol. The van der Waals surface area contributed by atoms with E-state index in [0.717, 1.165) is 12.8 Å². The molecule has 5 rings (SSSR count). The van der Waals surface area contributed by atoms with Crippen LogP contribution in [-0.4, -0.2) is 0 Å². The molecule has 0 aromatic heterocycles. The molecule has 4 aromatic rings. The summed E-state index contributed by atoms with van der Waals surface area (Å²) in [6.07, 6.45) is 2.06. The first-order valence-electron chi connectivity index (χ1n) is 7.99. The molecule has 1 aliphatic rings. The number of hydrogen-bond acceptors (Lipinski definition) is 0. The Hall–Kier alpha value is -2.12. The molecule has 0 atom stereocenters. The minimum atomic E-state index is 1.02. The zero-order valence-corrected chi connectivity index (χ0v) is 14.2. The Morgan fingerprint density at radius 3 is 2.04 bits per heavy atom. The molecule has 0 amide bonds. The fourth-order valence-electron chi connectivity index (χ4n) is 3.79. The molecule has 0 unspecified atom stereocenters. The molecule has 0 aliphatic heterocycles. The minimum Gasteiger partial charge on any atom is -0.0620 e. The van der Waals surface area contributed by atoms with E-state index >= 15 is 0 Å². The Morgan fingerprint density at radius 2 is 1.26 bits per heavy atom. The van der Waals surface area contributed by atoms with Gasteiger partial charge in [0.15, 0.2) is 0 Å². The maximum Gasteiger partial charge on any atom is 0.0292 e. The maximum absolute atomic E-state index is 3.91. The Balaban J connectivity index is 1.80. The van der Waals surface area contributed by atoms with E-state index < -0.39 is 0 Å². The molecule has 4 aromatic carbocycles. The van der Waals surface area contributed by atoms with Crippen LogP contribution in [0.1, 0.15) is 22.3 Å². The predicted molar refractivity (Wildman–Crippen MR) is 101 cm³/mol. The third kappa shape index (κ3) is 2.04. The minimum absolute atomic E-state index is 1.02. The molecule has 0 saturated heterocycles. The third-order valence-corrected chi connectivity index (χ3v) is 5.91. The smallest absolute Gasteiger partial charge is 0.0292 e. The second-order valence-electron chi connectivity index (χ2n) is 6.37. The van der Waals surface area contributed by atoms with Crippen molar-refractivity contribution in [3.8, 4) is 0 Å². The Bertz CT molecular complexity index is 1080. The number of benzene rings is 4. The van der Waals surface area contributed by atoms with Gasteiger partial charge < -0.3 is 0 Å². The molecule has 0 spiro atoms. The van der Waals surface area contributed by atoms with E-state index in [-0.39, 0.29) is 0 Å². The summed E-state index contributed by atoms with van der Waals surface area (Å²) in [7, 11) is 0. The standard InChI is InChI=1S/C22H15Br/c23-22-20-12-16-7-3-1-5-14(16)9-18(20)11-19-10-15-6-2-4-8-17(15)13-21(19)22/h1-9,11-12H,10,13H2. The fraction of sp³-hybridized carbons (Fsp3) is 0.0909. The van der Waals surface area contributed by atoms with Crippen molar-refractivity contribution in [2.75, 3.05) is 0 Å². The van der Waals surface area contributed by atoms with Gasteiger partial charge in [-0.3, -0.25) is 0 Å². The van der Waals surface area contributed by atoms with Crippen molar-refractivity contribution in [1.29, 1.82) is 0 Å². The van der Waals surface area contributed by atoms with Gasteiger partial charge in [-0.2, -0.15) is 0 Å². The van der Waals surface area contributed by atoms with Crippen LogP contribution in [0, 0.1) is 0 Å². The van der Waals surface area contributed by atoms with Gasteiger partial charge in [0, 0.05) is 4.47 Å². The molecule has 0 heterocycles. The lowest BCUT2D eigenvalue weighted by molar-refractivity contribution is 1.00. The molecule has 0 saturated carbocycles. The summed E-state index contributed by atoms with van der Waals surface area (Å²) in [5, 5.41) is 5.26. The van der Waals surface area contributed by atoms with Gasteiger partial charge in [0.2, 0.25) is 0 Å². The van der Waals surface area contributed by atoms with Crippen molar-refractivity contribution >= 4 is 37.5 Å². The molecular weight excluding hydrogens is 344 g/mol. The van der Waals surface area contributed by atoms with Crippen molar-refractivity contribution in [2.45, 2.75) is 12.8 Å². The fourth-order valence-corrected chi connectivity index (χ4v) is 4.53. The second-order valence-corrected chi connectivity index (χ2v) is 7.16. The van der Waals surface area contributed by atoms with Gasteiger partial charge in [-0.25, -0.2) is 0 Å². The van der Waals surface area contributed by atoms with Gasteiger partial charge in [0.25, 0.3) is 0 Å². The molecule has 0 bridgehead atoms. The number of hydrogen-bond donors (Lipinski definition) is 0. The zero-order chi connectivity index (χ0) is 15.4. The van der Waals surface area contributed by atoms with Crippen LogP contribution >= 0.6 is 15.9 Å². The SMILES string of the molecule is Brc1c2c(cc3cc4ccccc4cc13)Cc1ccccc1C2. The van der Waals surface area contributed by atoms with E-state index in [9.17, 15) is 0 Å². The van der Waals surface area contributed by atoms with Crippen LogP contribution in [0.3, 0.4) is 0 Å². The molecule has 23 heavy (non-hydrogen) atoms. The van der Waals surface area contributed by atoms with E-state index in [1.54, 1.807) is 0 Å². The van der Waals surface area contributed by atoms with Gasteiger partial charge >= 0.3 is 0 Å². The monoisotopic (exact) mass is 358 g/mol. The highest BCUT2D eigenvalue weighted by molar-refractivity contribution is 9.10. The summed E-state index contributed by atoms with van der Waals surface area (Å²) in [6, 6.07) is 24.4. The summed E-state index contributed by atoms with van der Waals surface area (Å²) in [5.41, 5.74) is 5.83. The first-order chi connectivity index (χ1) is 11.3. The van der Waals surface area contributed by atoms with Gasteiger partial charge in [-0.15, -0.1) is 0 Å². The lowest BCUT2D eigenvalue weighted by atomic mass is 9.84. The number of fused-ring (bicyclic) bond motifs is 4. The lowest BCUT2D eigenvalue weighted by Gasteiger charge is -2.22. The lowest BCUT2D eigenvalue weighted by Crippen LogP contribution is -2.08. The van der Waals surface area contributed by atoms with Gasteiger partial charge in [-0.1, -0.05) is 54.6 Å². The van der Waals surface area contributed by atoms with Crippen molar-refractivity contribution in [3.63, 3.8) is 0 Å². The molecular formula is C22H15Br. The molecule has 1 aliphatic carbocycles. The molecule has 110 valence electrons. The molecule has 0 N–H and O–H groups in total. The first kappa shape index (κ1) is 13.3. The van der Waals surface area contributed by atoms with Crippen molar-refractivity contribution in [1.82, 2.24) is 0 Å². The highest BCUT2D eigenvalue weighted by Gasteiger charge is 2.19. The second kappa shape index (κ2) is 4.94. The summed E-state index contributed by atoms with van der Waals surface area (Å²) >= 11 is 3.91. The zero-order valence-electron chi connectivity index (χ0n) is 12.6. The van der Waals surface area contributed by atoms with Gasteiger partial charge in [0.05, 0.1) is 0 Å². The van der Waals surface area contributed by atoms with E-state index in [2.05, 4.69) is 82.7 Å². The quantitative estimate of drug-likeness (QED) is 0.287. The molecule has 0 fully saturated rings. The number of halogens is 1. The molecule has 0 radical (unpaired) electrons. The van der Waals surface area contributed by atoms with Gasteiger partial charge in [-0.05, 0) is 84.7 Å². The molecule has 0 nitrogen and oxygen atoms in total. The van der Waals surface area contributed by atoms with E-state index in [0.29, 0.717) is 0 Å². The third-order valence-electron chi connectivity index (χ3n) is 5.00. The van der Waals surface area contributed by atoms with Crippen LogP contribution in [0.5, 0.6) is 0 Å². The number of rotatable bonds is 0. The Morgan fingerprint density at radius 1 is 0.609 bits per heavy atom. The summed E-state index contributed by atoms with van der Waals surface area (Å²) in [5.74, 6) is 0. The first-order valence-corrected chi connectivity index (χ1v) is 8.78. The topological polar surface area (TPSA) is 0 Å². The van der Waals surface area contributed by atoms with E-state index in [4.69, 9.17) is 0 Å². The van der Waals surface area contributed by atoms with E-state index in [1.165, 1.54) is 48.3 Å². The highest BCUT2D eigenvalue weighted by Crippen LogP contribution is 2.38. The van der Waals surface area contributed by atoms with Crippen LogP contribution in [0.2, 0.25) is 0 Å². The highest BCUT2D eigenvalue weighted by atomic mass is 79.9. The predicted octanol–water partition coefficient (Wildman–Crippen LogP) is 6.25. The summed E-state index contributed by atoms with van der Waals surface area (Å²) in [6.45, 7) is 0. The Labute approximate surface area is 143 Å².